The number of aryl methyl sites for hydroxylation is 1. The number of rotatable bonds is 8. The second-order valence-electron chi connectivity index (χ2n) is 6.67. The van der Waals surface area contributed by atoms with Crippen molar-refractivity contribution in [2.75, 3.05) is 24.5 Å². The Hall–Kier alpha value is -2.58. The molecule has 0 bridgehead atoms. The molecule has 28 heavy (non-hydrogen) atoms. The van der Waals surface area contributed by atoms with Gasteiger partial charge < -0.3 is 14.8 Å². The van der Waals surface area contributed by atoms with Crippen LogP contribution in [0.4, 0.5) is 5.69 Å². The topological polar surface area (TPSA) is 93.7 Å². The summed E-state index contributed by atoms with van der Waals surface area (Å²) in [5.41, 5.74) is 1.46. The molecule has 0 aromatic heterocycles. The number of carbonyl (C=O) groups excluding carboxylic acids is 1. The molecule has 0 aliphatic carbocycles. The van der Waals surface area contributed by atoms with Crippen LogP contribution in [0.2, 0.25) is 0 Å². The molecule has 1 aliphatic heterocycles. The quantitative estimate of drug-likeness (QED) is 0.705. The number of anilines is 1. The van der Waals surface area contributed by atoms with Crippen LogP contribution in [0.3, 0.4) is 0 Å². The number of hydrogen-bond acceptors (Lipinski definition) is 5. The molecule has 1 saturated heterocycles. The lowest BCUT2D eigenvalue weighted by Crippen LogP contribution is -2.35. The highest BCUT2D eigenvalue weighted by Crippen LogP contribution is 2.20. The first-order valence-corrected chi connectivity index (χ1v) is 10.6. The molecule has 0 saturated carbocycles. The number of benzene rings is 2. The minimum absolute atomic E-state index is 0.0781. The SMILES string of the molecule is Cc1cccc(NS(=O)(=O)c2ccc(OCC(=O)NCC3CCCO3)cc2)c1. The summed E-state index contributed by atoms with van der Waals surface area (Å²) >= 11 is 0. The van der Waals surface area contributed by atoms with Crippen LogP contribution in [-0.4, -0.2) is 40.2 Å². The Morgan fingerprint density at radius 3 is 2.68 bits per heavy atom. The van der Waals surface area contributed by atoms with Crippen LogP contribution in [-0.2, 0) is 19.6 Å². The fourth-order valence-electron chi connectivity index (χ4n) is 2.87. The summed E-state index contributed by atoms with van der Waals surface area (Å²) in [6.45, 7) is 2.97. The van der Waals surface area contributed by atoms with E-state index in [1.807, 2.05) is 13.0 Å². The van der Waals surface area contributed by atoms with E-state index in [1.54, 1.807) is 18.2 Å². The van der Waals surface area contributed by atoms with Crippen molar-refractivity contribution in [2.45, 2.75) is 30.8 Å². The molecule has 2 aromatic carbocycles. The fourth-order valence-corrected chi connectivity index (χ4v) is 3.92. The maximum Gasteiger partial charge on any atom is 0.261 e. The van der Waals surface area contributed by atoms with Gasteiger partial charge >= 0.3 is 0 Å². The van der Waals surface area contributed by atoms with Gasteiger partial charge in [-0.05, 0) is 61.7 Å². The van der Waals surface area contributed by atoms with E-state index >= 15 is 0 Å². The molecule has 3 rings (SSSR count). The van der Waals surface area contributed by atoms with Gasteiger partial charge in [0.1, 0.15) is 5.75 Å². The van der Waals surface area contributed by atoms with Gasteiger partial charge in [0.15, 0.2) is 6.61 Å². The summed E-state index contributed by atoms with van der Waals surface area (Å²) in [4.78, 5) is 11.9. The lowest BCUT2D eigenvalue weighted by atomic mass is 10.2. The van der Waals surface area contributed by atoms with Crippen LogP contribution >= 0.6 is 0 Å². The molecular formula is C20H24N2O5S. The van der Waals surface area contributed by atoms with Gasteiger partial charge in [-0.25, -0.2) is 8.42 Å². The molecular weight excluding hydrogens is 380 g/mol. The molecule has 2 N–H and O–H groups in total. The average Bonchev–Trinajstić information content (AvgIpc) is 3.18. The number of carbonyl (C=O) groups is 1. The summed E-state index contributed by atoms with van der Waals surface area (Å²) in [6, 6.07) is 13.1. The molecule has 2 aromatic rings. The summed E-state index contributed by atoms with van der Waals surface area (Å²) in [5.74, 6) is 0.176. The third-order valence-electron chi connectivity index (χ3n) is 4.33. The van der Waals surface area contributed by atoms with Gasteiger partial charge in [-0.1, -0.05) is 12.1 Å². The smallest absolute Gasteiger partial charge is 0.261 e. The number of ether oxygens (including phenoxy) is 2. The second kappa shape index (κ2) is 9.07. The predicted octanol–water partition coefficient (Wildman–Crippen LogP) is 2.47. The Morgan fingerprint density at radius 2 is 2.00 bits per heavy atom. The Morgan fingerprint density at radius 1 is 1.21 bits per heavy atom. The molecule has 150 valence electrons. The first-order chi connectivity index (χ1) is 13.4. The van der Waals surface area contributed by atoms with E-state index in [0.717, 1.165) is 25.0 Å². The third-order valence-corrected chi connectivity index (χ3v) is 5.72. The zero-order valence-electron chi connectivity index (χ0n) is 15.7. The van der Waals surface area contributed by atoms with Gasteiger partial charge in [0.05, 0.1) is 11.0 Å². The van der Waals surface area contributed by atoms with Crippen molar-refractivity contribution in [1.82, 2.24) is 5.32 Å². The summed E-state index contributed by atoms with van der Waals surface area (Å²) < 4.78 is 38.3. The maximum atomic E-state index is 12.5. The minimum atomic E-state index is -3.69. The molecule has 0 spiro atoms. The van der Waals surface area contributed by atoms with Crippen LogP contribution in [0, 0.1) is 6.92 Å². The van der Waals surface area contributed by atoms with Crippen LogP contribution in [0.25, 0.3) is 0 Å². The van der Waals surface area contributed by atoms with E-state index in [4.69, 9.17) is 9.47 Å². The molecule has 1 heterocycles. The van der Waals surface area contributed by atoms with Crippen molar-refractivity contribution < 1.29 is 22.7 Å². The van der Waals surface area contributed by atoms with Gasteiger partial charge in [0.25, 0.3) is 15.9 Å². The Kier molecular flexibility index (Phi) is 6.53. The summed E-state index contributed by atoms with van der Waals surface area (Å²) in [7, 11) is -3.69. The molecule has 1 atom stereocenters. The Labute approximate surface area is 165 Å². The maximum absolute atomic E-state index is 12.5. The van der Waals surface area contributed by atoms with E-state index in [0.29, 0.717) is 18.0 Å². The lowest BCUT2D eigenvalue weighted by Gasteiger charge is -2.12. The lowest BCUT2D eigenvalue weighted by molar-refractivity contribution is -0.123. The van der Waals surface area contributed by atoms with Crippen LogP contribution in [0.5, 0.6) is 5.75 Å². The van der Waals surface area contributed by atoms with Crippen LogP contribution in [0.1, 0.15) is 18.4 Å². The van der Waals surface area contributed by atoms with Crippen LogP contribution < -0.4 is 14.8 Å². The predicted molar refractivity (Wildman–Crippen MR) is 106 cm³/mol. The molecule has 1 aliphatic rings. The fraction of sp³-hybridized carbons (Fsp3) is 0.350. The third kappa shape index (κ3) is 5.71. The summed E-state index contributed by atoms with van der Waals surface area (Å²) in [5, 5.41) is 2.77. The highest BCUT2D eigenvalue weighted by Gasteiger charge is 2.17. The summed E-state index contributed by atoms with van der Waals surface area (Å²) in [6.07, 6.45) is 2.05. The zero-order valence-corrected chi connectivity index (χ0v) is 16.5. The average molecular weight is 404 g/mol. The minimum Gasteiger partial charge on any atom is -0.484 e. The molecule has 1 unspecified atom stereocenters. The first-order valence-electron chi connectivity index (χ1n) is 9.13. The number of sulfonamides is 1. The standard InChI is InChI=1S/C20H24N2O5S/c1-15-4-2-5-16(12-15)22-28(24,25)19-9-7-17(8-10-19)27-14-20(23)21-13-18-6-3-11-26-18/h2,4-5,7-10,12,18,22H,3,6,11,13-14H2,1H3,(H,21,23). The zero-order chi connectivity index (χ0) is 20.0. The molecule has 0 radical (unpaired) electrons. The molecule has 7 nitrogen and oxygen atoms in total. The van der Waals surface area contributed by atoms with E-state index in [1.165, 1.54) is 24.3 Å². The van der Waals surface area contributed by atoms with Crippen LogP contribution in [0.15, 0.2) is 53.4 Å². The highest BCUT2D eigenvalue weighted by molar-refractivity contribution is 7.92. The van der Waals surface area contributed by atoms with Gasteiger partial charge in [0.2, 0.25) is 0 Å². The van der Waals surface area contributed by atoms with Crippen molar-refractivity contribution in [2.24, 2.45) is 0 Å². The Balaban J connectivity index is 1.51. The molecule has 1 fully saturated rings. The van der Waals surface area contributed by atoms with E-state index in [9.17, 15) is 13.2 Å². The molecule has 8 heteroatoms. The number of hydrogen-bond donors (Lipinski definition) is 2. The van der Waals surface area contributed by atoms with Gasteiger partial charge in [-0.3, -0.25) is 9.52 Å². The monoisotopic (exact) mass is 404 g/mol. The Bertz CT molecular complexity index is 906. The number of amides is 1. The molecule has 1 amide bonds. The van der Waals surface area contributed by atoms with E-state index in [-0.39, 0.29) is 23.5 Å². The first kappa shape index (κ1) is 20.2. The normalized spacial score (nSPS) is 16.5. The van der Waals surface area contributed by atoms with Crippen molar-refractivity contribution in [3.8, 4) is 5.75 Å². The van der Waals surface area contributed by atoms with Gasteiger partial charge in [-0.15, -0.1) is 0 Å². The van der Waals surface area contributed by atoms with E-state index < -0.39 is 10.0 Å². The van der Waals surface area contributed by atoms with Gasteiger partial charge in [0, 0.05) is 18.8 Å². The number of nitrogens with one attached hydrogen (secondary N) is 2. The largest absolute Gasteiger partial charge is 0.484 e. The van der Waals surface area contributed by atoms with E-state index in [2.05, 4.69) is 10.0 Å². The van der Waals surface area contributed by atoms with Crippen molar-refractivity contribution in [1.29, 1.82) is 0 Å². The van der Waals surface area contributed by atoms with Crippen molar-refractivity contribution in [3.05, 3.63) is 54.1 Å². The van der Waals surface area contributed by atoms with Crippen molar-refractivity contribution >= 4 is 21.6 Å². The highest BCUT2D eigenvalue weighted by atomic mass is 32.2. The van der Waals surface area contributed by atoms with Gasteiger partial charge in [-0.2, -0.15) is 0 Å². The van der Waals surface area contributed by atoms with Crippen molar-refractivity contribution in [3.63, 3.8) is 0 Å². The second-order valence-corrected chi connectivity index (χ2v) is 8.36.